The molecule has 3 nitrogen and oxygen atoms in total. The highest BCUT2D eigenvalue weighted by Gasteiger charge is 2.10. The molecule has 0 amide bonds. The summed E-state index contributed by atoms with van der Waals surface area (Å²) in [4.78, 5) is 11.4. The van der Waals surface area contributed by atoms with Gasteiger partial charge in [0.2, 0.25) is 5.58 Å². The Morgan fingerprint density at radius 3 is 2.33 bits per heavy atom. The van der Waals surface area contributed by atoms with Crippen molar-refractivity contribution in [2.24, 2.45) is 0 Å². The van der Waals surface area contributed by atoms with Crippen molar-refractivity contribution in [2.75, 3.05) is 0 Å². The van der Waals surface area contributed by atoms with Gasteiger partial charge in [0, 0.05) is 5.39 Å². The van der Waals surface area contributed by atoms with Gasteiger partial charge in [0.15, 0.2) is 0 Å². The van der Waals surface area contributed by atoms with Crippen molar-refractivity contribution in [3.8, 4) is 0 Å². The van der Waals surface area contributed by atoms with E-state index in [1.165, 1.54) is 0 Å². The zero-order valence-electron chi connectivity index (χ0n) is 9.34. The summed E-state index contributed by atoms with van der Waals surface area (Å²) in [6.07, 6.45) is 0. The molecule has 0 unspecified atom stereocenters. The fourth-order valence-electron chi connectivity index (χ4n) is 2.36. The van der Waals surface area contributed by atoms with Crippen LogP contribution in [0, 0.1) is 0 Å². The summed E-state index contributed by atoms with van der Waals surface area (Å²) in [5.41, 5.74) is 0.0864. The molecular formula is C15H8O3. The van der Waals surface area contributed by atoms with Gasteiger partial charge in [-0.3, -0.25) is 4.58 Å². The predicted molar refractivity (Wildman–Crippen MR) is 69.8 cm³/mol. The van der Waals surface area contributed by atoms with E-state index in [-0.39, 0.29) is 0 Å². The van der Waals surface area contributed by atoms with E-state index in [1.54, 1.807) is 6.07 Å². The van der Waals surface area contributed by atoms with Crippen molar-refractivity contribution in [1.82, 2.24) is 0 Å². The molecule has 0 aliphatic heterocycles. The Morgan fingerprint density at radius 1 is 0.722 bits per heavy atom. The quantitative estimate of drug-likeness (QED) is 0.345. The van der Waals surface area contributed by atoms with Gasteiger partial charge >= 0.3 is 5.63 Å². The fraction of sp³-hybridized carbons (Fsp3) is 0. The molecule has 0 aliphatic rings. The van der Waals surface area contributed by atoms with Crippen molar-refractivity contribution in [1.29, 1.82) is 0 Å². The summed E-state index contributed by atoms with van der Waals surface area (Å²) in [6, 6.07) is 15.8. The average Bonchev–Trinajstić information content (AvgIpc) is 2.78. The van der Waals surface area contributed by atoms with Gasteiger partial charge in [0.05, 0.1) is 0 Å². The van der Waals surface area contributed by atoms with Crippen LogP contribution in [0.25, 0.3) is 32.5 Å². The second kappa shape index (κ2) is 3.23. The van der Waals surface area contributed by atoms with Gasteiger partial charge in [-0.15, -0.1) is 0 Å². The van der Waals surface area contributed by atoms with Gasteiger partial charge in [0.1, 0.15) is 5.39 Å². The third-order valence-electron chi connectivity index (χ3n) is 3.26. The molecule has 86 valence electrons. The van der Waals surface area contributed by atoms with E-state index < -0.39 is 5.63 Å². The maximum atomic E-state index is 11.4. The lowest BCUT2D eigenvalue weighted by Gasteiger charge is -2.01. The van der Waals surface area contributed by atoms with Crippen LogP contribution in [0.2, 0.25) is 0 Å². The number of fused-ring (bicyclic) bond motifs is 4. The molecule has 4 rings (SSSR count). The number of hydrogen-bond donors (Lipinski definition) is 0. The predicted octanol–water partition coefficient (Wildman–Crippen LogP) is 3.69. The van der Waals surface area contributed by atoms with E-state index in [4.69, 9.17) is 4.58 Å². The molecule has 3 aromatic carbocycles. The molecule has 0 atom stereocenters. The van der Waals surface area contributed by atoms with Crippen LogP contribution in [0.5, 0.6) is 0 Å². The second-order valence-corrected chi connectivity index (χ2v) is 4.32. The summed E-state index contributed by atoms with van der Waals surface area (Å²) < 4.78 is 9.63. The van der Waals surface area contributed by atoms with Gasteiger partial charge in [0.25, 0.3) is 0 Å². The maximum Gasteiger partial charge on any atom is 0.390 e. The third kappa shape index (κ3) is 1.16. The van der Waals surface area contributed by atoms with Crippen molar-refractivity contribution in [2.45, 2.75) is 0 Å². The summed E-state index contributed by atoms with van der Waals surface area (Å²) in [7, 11) is 0. The third-order valence-corrected chi connectivity index (χ3v) is 3.26. The molecule has 3 heteroatoms. The monoisotopic (exact) mass is 236 g/mol. The van der Waals surface area contributed by atoms with E-state index in [0.29, 0.717) is 11.0 Å². The van der Waals surface area contributed by atoms with Crippen LogP contribution in [0.15, 0.2) is 62.5 Å². The second-order valence-electron chi connectivity index (χ2n) is 4.32. The highest BCUT2D eigenvalue weighted by atomic mass is 17.0. The first-order valence-electron chi connectivity index (χ1n) is 5.67. The smallest absolute Gasteiger partial charge is 0.285 e. The van der Waals surface area contributed by atoms with Crippen LogP contribution < -0.4 is 5.63 Å². The molecule has 1 heterocycles. The van der Waals surface area contributed by atoms with Crippen molar-refractivity contribution >= 4 is 32.5 Å². The fourth-order valence-corrected chi connectivity index (χ4v) is 2.36. The van der Waals surface area contributed by atoms with Crippen LogP contribution in [-0.2, 0) is 0 Å². The molecule has 0 spiro atoms. The minimum Gasteiger partial charge on any atom is -0.285 e. The summed E-state index contributed by atoms with van der Waals surface area (Å²) in [6.45, 7) is 0. The Hall–Kier alpha value is -2.55. The van der Waals surface area contributed by atoms with Crippen LogP contribution in [-0.4, -0.2) is 0 Å². The Kier molecular flexibility index (Phi) is 1.70. The first kappa shape index (κ1) is 9.48. The molecule has 0 saturated carbocycles. The van der Waals surface area contributed by atoms with Crippen LogP contribution >= 0.6 is 0 Å². The highest BCUT2D eigenvalue weighted by Crippen LogP contribution is 2.28. The molecule has 18 heavy (non-hydrogen) atoms. The van der Waals surface area contributed by atoms with E-state index in [2.05, 4.69) is 16.7 Å². The van der Waals surface area contributed by atoms with Gasteiger partial charge < -0.3 is 0 Å². The molecule has 1 aromatic heterocycles. The Balaban J connectivity index is 2.30. The van der Waals surface area contributed by atoms with Gasteiger partial charge in [-0.25, -0.2) is 9.37 Å². The molecule has 0 fully saturated rings. The summed E-state index contributed by atoms with van der Waals surface area (Å²) in [5.74, 6) is 0. The minimum atomic E-state index is -0.431. The van der Waals surface area contributed by atoms with Gasteiger partial charge in [-0.1, -0.05) is 30.3 Å². The van der Waals surface area contributed by atoms with E-state index in [9.17, 15) is 4.79 Å². The largest absolute Gasteiger partial charge is 0.390 e. The first-order valence-corrected chi connectivity index (χ1v) is 5.67. The van der Waals surface area contributed by atoms with Crippen molar-refractivity contribution in [3.05, 3.63) is 59.0 Å². The number of hydrogen-bond acceptors (Lipinski definition) is 3. The molecule has 0 aliphatic carbocycles. The molecule has 0 radical (unpaired) electrons. The van der Waals surface area contributed by atoms with Crippen LogP contribution in [0.3, 0.4) is 0 Å². The lowest BCUT2D eigenvalue weighted by Crippen LogP contribution is -1.90. The lowest BCUT2D eigenvalue weighted by atomic mass is 10.0. The minimum absolute atomic E-state index is 0.431. The number of rotatable bonds is 0. The zero-order chi connectivity index (χ0) is 12.1. The summed E-state index contributed by atoms with van der Waals surface area (Å²) >= 11 is 0. The van der Waals surface area contributed by atoms with E-state index in [0.717, 1.165) is 21.5 Å². The Bertz CT molecular complexity index is 944. The molecule has 0 N–H and O–H groups in total. The number of benzene rings is 3. The topological polar surface area (TPSA) is 43.4 Å². The molecule has 0 bridgehead atoms. The van der Waals surface area contributed by atoms with Gasteiger partial charge in [-0.2, -0.15) is 0 Å². The zero-order valence-corrected chi connectivity index (χ0v) is 9.34. The van der Waals surface area contributed by atoms with Crippen LogP contribution in [0.1, 0.15) is 0 Å². The highest BCUT2D eigenvalue weighted by molar-refractivity contribution is 6.09. The molecule has 4 aromatic rings. The SMILES string of the molecule is O=c1ooc2c1ccc1cc3ccccc3cc12. The standard InChI is InChI=1S/C15H8O3/c16-15-12-6-5-11-7-9-3-1-2-4-10(9)8-13(11)14(12)17-18-15/h1-8H. The first-order chi connectivity index (χ1) is 8.83. The van der Waals surface area contributed by atoms with Gasteiger partial charge in [-0.05, 0) is 34.4 Å². The average molecular weight is 236 g/mol. The Labute approximate surface area is 101 Å². The lowest BCUT2D eigenvalue weighted by molar-refractivity contribution is 0.0666. The van der Waals surface area contributed by atoms with E-state index in [1.807, 2.05) is 30.3 Å². The summed E-state index contributed by atoms with van der Waals surface area (Å²) in [5, 5.41) is 4.69. The van der Waals surface area contributed by atoms with Crippen molar-refractivity contribution < 1.29 is 9.15 Å². The van der Waals surface area contributed by atoms with E-state index >= 15 is 0 Å². The normalized spacial score (nSPS) is 11.6. The molecule has 0 saturated heterocycles. The van der Waals surface area contributed by atoms with Crippen LogP contribution in [0.4, 0.5) is 0 Å². The van der Waals surface area contributed by atoms with Crippen molar-refractivity contribution in [3.63, 3.8) is 0 Å². The maximum absolute atomic E-state index is 11.4. The Morgan fingerprint density at radius 2 is 1.50 bits per heavy atom. The molecular weight excluding hydrogens is 228 g/mol.